The van der Waals surface area contributed by atoms with Crippen LogP contribution in [0.15, 0.2) is 83.8 Å². The predicted octanol–water partition coefficient (Wildman–Crippen LogP) is 3.10. The van der Waals surface area contributed by atoms with Crippen molar-refractivity contribution >= 4 is 21.9 Å². The third-order valence-corrected chi connectivity index (χ3v) is 5.39. The van der Waals surface area contributed by atoms with Crippen molar-refractivity contribution in [3.05, 3.63) is 90.0 Å². The van der Waals surface area contributed by atoms with Crippen LogP contribution in [0, 0.1) is 6.92 Å². The SMILES string of the molecule is Cc1ccc(S(=O)(=O)NC(=O)COc2ccccc2C(=O)Oc2ccccc2)cc1. The normalized spacial score (nSPS) is 10.8. The molecule has 0 heterocycles. The average molecular weight is 425 g/mol. The van der Waals surface area contributed by atoms with Gasteiger partial charge in [0, 0.05) is 0 Å². The fraction of sp³-hybridized carbons (Fsp3) is 0.0909. The molecule has 7 nitrogen and oxygen atoms in total. The molecule has 0 atom stereocenters. The van der Waals surface area contributed by atoms with Gasteiger partial charge in [0.15, 0.2) is 6.61 Å². The number of nitrogens with one attached hydrogen (secondary N) is 1. The Morgan fingerprint density at radius 1 is 0.867 bits per heavy atom. The molecule has 0 radical (unpaired) electrons. The summed E-state index contributed by atoms with van der Waals surface area (Å²) in [6.45, 7) is 1.23. The van der Waals surface area contributed by atoms with Crippen molar-refractivity contribution in [1.82, 2.24) is 4.72 Å². The first-order valence-corrected chi connectivity index (χ1v) is 10.4. The molecular formula is C22H19NO6S. The van der Waals surface area contributed by atoms with E-state index in [0.29, 0.717) is 5.75 Å². The fourth-order valence-electron chi connectivity index (χ4n) is 2.51. The molecular weight excluding hydrogens is 406 g/mol. The second-order valence-corrected chi connectivity index (χ2v) is 8.01. The number of esters is 1. The fourth-order valence-corrected chi connectivity index (χ4v) is 3.48. The van der Waals surface area contributed by atoms with Crippen LogP contribution in [-0.4, -0.2) is 26.9 Å². The van der Waals surface area contributed by atoms with E-state index < -0.39 is 28.5 Å². The van der Waals surface area contributed by atoms with Crippen LogP contribution in [0.1, 0.15) is 15.9 Å². The molecule has 0 aliphatic heterocycles. The quantitative estimate of drug-likeness (QED) is 0.461. The topological polar surface area (TPSA) is 98.8 Å². The second kappa shape index (κ2) is 9.23. The van der Waals surface area contributed by atoms with Crippen LogP contribution in [-0.2, 0) is 14.8 Å². The average Bonchev–Trinajstić information content (AvgIpc) is 2.73. The standard InChI is InChI=1S/C22H19NO6S/c1-16-11-13-18(14-12-16)30(26,27)23-21(24)15-28-20-10-6-5-9-19(20)22(25)29-17-7-3-2-4-8-17/h2-14H,15H2,1H3,(H,23,24). The lowest BCUT2D eigenvalue weighted by molar-refractivity contribution is -0.121. The zero-order chi connectivity index (χ0) is 21.6. The summed E-state index contributed by atoms with van der Waals surface area (Å²) in [7, 11) is -4.02. The van der Waals surface area contributed by atoms with Crippen LogP contribution < -0.4 is 14.2 Å². The van der Waals surface area contributed by atoms with Crippen LogP contribution in [0.2, 0.25) is 0 Å². The molecule has 0 aliphatic carbocycles. The smallest absolute Gasteiger partial charge is 0.347 e. The highest BCUT2D eigenvalue weighted by molar-refractivity contribution is 7.90. The van der Waals surface area contributed by atoms with Gasteiger partial charge in [0.1, 0.15) is 17.1 Å². The van der Waals surface area contributed by atoms with E-state index in [1.165, 1.54) is 24.3 Å². The third-order valence-electron chi connectivity index (χ3n) is 4.00. The molecule has 0 bridgehead atoms. The van der Waals surface area contributed by atoms with Crippen molar-refractivity contribution in [3.8, 4) is 11.5 Å². The number of aryl methyl sites for hydroxylation is 1. The molecule has 0 saturated heterocycles. The van der Waals surface area contributed by atoms with Gasteiger partial charge in [-0.1, -0.05) is 48.0 Å². The first-order valence-electron chi connectivity index (χ1n) is 8.96. The molecule has 0 aliphatic rings. The lowest BCUT2D eigenvalue weighted by Crippen LogP contribution is -2.34. The molecule has 0 spiro atoms. The van der Waals surface area contributed by atoms with Gasteiger partial charge in [-0.05, 0) is 43.3 Å². The predicted molar refractivity (Wildman–Crippen MR) is 110 cm³/mol. The second-order valence-electron chi connectivity index (χ2n) is 6.33. The Hall–Kier alpha value is -3.65. The number of hydrogen-bond acceptors (Lipinski definition) is 6. The molecule has 3 aromatic carbocycles. The maximum Gasteiger partial charge on any atom is 0.347 e. The van der Waals surface area contributed by atoms with Crippen LogP contribution in [0.5, 0.6) is 11.5 Å². The van der Waals surface area contributed by atoms with Gasteiger partial charge < -0.3 is 9.47 Å². The number of benzene rings is 3. The molecule has 0 saturated carbocycles. The van der Waals surface area contributed by atoms with E-state index in [-0.39, 0.29) is 16.2 Å². The van der Waals surface area contributed by atoms with Gasteiger partial charge in [0.05, 0.1) is 4.90 Å². The lowest BCUT2D eigenvalue weighted by atomic mass is 10.2. The van der Waals surface area contributed by atoms with Crippen LogP contribution >= 0.6 is 0 Å². The highest BCUT2D eigenvalue weighted by atomic mass is 32.2. The maximum atomic E-state index is 12.4. The van der Waals surface area contributed by atoms with Gasteiger partial charge in [-0.2, -0.15) is 0 Å². The molecule has 3 rings (SSSR count). The molecule has 0 aromatic heterocycles. The Balaban J connectivity index is 1.65. The van der Waals surface area contributed by atoms with Crippen molar-refractivity contribution in [2.45, 2.75) is 11.8 Å². The molecule has 30 heavy (non-hydrogen) atoms. The summed E-state index contributed by atoms with van der Waals surface area (Å²) in [5.41, 5.74) is 0.998. The molecule has 0 unspecified atom stereocenters. The number of carbonyl (C=O) groups is 2. The van der Waals surface area contributed by atoms with Crippen molar-refractivity contribution in [2.24, 2.45) is 0 Å². The zero-order valence-electron chi connectivity index (χ0n) is 16.1. The summed E-state index contributed by atoms with van der Waals surface area (Å²) < 4.78 is 37.2. The van der Waals surface area contributed by atoms with Gasteiger partial charge in [-0.25, -0.2) is 17.9 Å². The Labute approximate surface area is 174 Å². The summed E-state index contributed by atoms with van der Waals surface area (Å²) in [5.74, 6) is -1.08. The number of ether oxygens (including phenoxy) is 2. The van der Waals surface area contributed by atoms with Crippen LogP contribution in [0.3, 0.4) is 0 Å². The van der Waals surface area contributed by atoms with Crippen molar-refractivity contribution < 1.29 is 27.5 Å². The van der Waals surface area contributed by atoms with Gasteiger partial charge in [-0.15, -0.1) is 0 Å². The Bertz CT molecular complexity index is 1140. The lowest BCUT2D eigenvalue weighted by Gasteiger charge is -2.11. The first kappa shape index (κ1) is 21.1. The highest BCUT2D eigenvalue weighted by Crippen LogP contribution is 2.21. The Morgan fingerprint density at radius 3 is 2.20 bits per heavy atom. The number of amides is 1. The van der Waals surface area contributed by atoms with Crippen LogP contribution in [0.4, 0.5) is 0 Å². The van der Waals surface area contributed by atoms with E-state index in [1.807, 2.05) is 11.6 Å². The molecule has 1 amide bonds. The van der Waals surface area contributed by atoms with Crippen LogP contribution in [0.25, 0.3) is 0 Å². The number of para-hydroxylation sites is 2. The van der Waals surface area contributed by atoms with Gasteiger partial charge in [0.25, 0.3) is 15.9 Å². The third kappa shape index (κ3) is 5.45. The summed E-state index contributed by atoms with van der Waals surface area (Å²) in [5, 5.41) is 0. The largest absolute Gasteiger partial charge is 0.483 e. The van der Waals surface area contributed by atoms with Gasteiger partial charge in [-0.3, -0.25) is 4.79 Å². The minimum atomic E-state index is -4.02. The van der Waals surface area contributed by atoms with E-state index in [1.54, 1.807) is 54.6 Å². The summed E-state index contributed by atoms with van der Waals surface area (Å²) in [6, 6.07) is 20.8. The number of rotatable bonds is 7. The van der Waals surface area contributed by atoms with Gasteiger partial charge in [0.2, 0.25) is 0 Å². The first-order chi connectivity index (χ1) is 14.3. The van der Waals surface area contributed by atoms with E-state index >= 15 is 0 Å². The number of carbonyl (C=O) groups excluding carboxylic acids is 2. The summed E-state index contributed by atoms with van der Waals surface area (Å²) in [6.07, 6.45) is 0. The Kier molecular flexibility index (Phi) is 6.48. The van der Waals surface area contributed by atoms with Crippen molar-refractivity contribution in [2.75, 3.05) is 6.61 Å². The molecule has 0 fully saturated rings. The van der Waals surface area contributed by atoms with Crippen molar-refractivity contribution in [3.63, 3.8) is 0 Å². The van der Waals surface area contributed by atoms with Crippen molar-refractivity contribution in [1.29, 1.82) is 0 Å². The van der Waals surface area contributed by atoms with E-state index in [9.17, 15) is 18.0 Å². The Morgan fingerprint density at radius 2 is 1.50 bits per heavy atom. The maximum absolute atomic E-state index is 12.4. The number of hydrogen-bond donors (Lipinski definition) is 1. The van der Waals surface area contributed by atoms with E-state index in [4.69, 9.17) is 9.47 Å². The molecule has 8 heteroatoms. The minimum Gasteiger partial charge on any atom is -0.483 e. The number of sulfonamides is 1. The molecule has 3 aromatic rings. The van der Waals surface area contributed by atoms with E-state index in [2.05, 4.69) is 0 Å². The summed E-state index contributed by atoms with van der Waals surface area (Å²) in [4.78, 5) is 24.5. The van der Waals surface area contributed by atoms with E-state index in [0.717, 1.165) is 5.56 Å². The minimum absolute atomic E-state index is 0.0340. The molecule has 1 N–H and O–H groups in total. The van der Waals surface area contributed by atoms with Gasteiger partial charge >= 0.3 is 5.97 Å². The zero-order valence-corrected chi connectivity index (χ0v) is 16.9. The highest BCUT2D eigenvalue weighted by Gasteiger charge is 2.19. The summed E-state index contributed by atoms with van der Waals surface area (Å²) >= 11 is 0. The monoisotopic (exact) mass is 425 g/mol. The molecule has 154 valence electrons.